The fourth-order valence-corrected chi connectivity index (χ4v) is 6.52. The van der Waals surface area contributed by atoms with Gasteiger partial charge >= 0.3 is 35.5 Å². The largest absolute Gasteiger partial charge is 1.00 e. The molecule has 0 aliphatic carbocycles. The molecule has 14 heteroatoms. The van der Waals surface area contributed by atoms with Crippen molar-refractivity contribution in [2.45, 2.75) is 30.7 Å². The van der Waals surface area contributed by atoms with Crippen LogP contribution in [0.15, 0.2) is 24.5 Å². The minimum absolute atomic E-state index is 0. The zero-order valence-corrected chi connectivity index (χ0v) is 22.0. The molecule has 32 heavy (non-hydrogen) atoms. The Bertz CT molecular complexity index is 1080. The molecule has 4 heterocycles. The molecule has 0 aromatic carbocycles. The number of rotatable bonds is 5. The van der Waals surface area contributed by atoms with Crippen LogP contribution in [0, 0.1) is 0 Å². The van der Waals surface area contributed by atoms with Crippen LogP contribution in [-0.4, -0.2) is 71.7 Å². The summed E-state index contributed by atoms with van der Waals surface area (Å²) in [6, 6.07) is 3.05. The second-order valence-corrected chi connectivity index (χ2v) is 9.86. The minimum Gasteiger partial charge on any atom is -1.00 e. The number of pyridine rings is 1. The topological polar surface area (TPSA) is 129 Å². The number of fused-ring (bicyclic) bond motifs is 1. The van der Waals surface area contributed by atoms with Gasteiger partial charge < -0.3 is 21.6 Å². The standard InChI is InChI=1S/C18H18N6O4S3.Na.H/c1-9(25)20-17-22-21-15(31-17)18(16(27)28)7-23-13(26)12(14(23)30-8-18)24(10(2)29)11-3-5-19-6-4-11;;/h3-6,12,14H,7-8H2,1-2H3,(H,27,28)(H,20,22,25);;/q;+1;-1/t12?,14-,18?;;/m1../s1. The van der Waals surface area contributed by atoms with Crippen LogP contribution >= 0.6 is 35.3 Å². The molecule has 0 saturated carbocycles. The normalized spacial score (nSPS) is 23.9. The Morgan fingerprint density at radius 2 is 2.03 bits per heavy atom. The summed E-state index contributed by atoms with van der Waals surface area (Å²) in [6.07, 6.45) is 3.26. The van der Waals surface area contributed by atoms with E-state index in [2.05, 4.69) is 20.5 Å². The molecular formula is C18H19N6NaO4S3. The van der Waals surface area contributed by atoms with Crippen LogP contribution < -0.4 is 39.8 Å². The van der Waals surface area contributed by atoms with Crippen molar-refractivity contribution in [3.63, 3.8) is 0 Å². The number of carboxylic acids is 1. The van der Waals surface area contributed by atoms with Gasteiger partial charge in [-0.15, -0.1) is 22.0 Å². The van der Waals surface area contributed by atoms with Gasteiger partial charge in [-0.25, -0.2) is 0 Å². The number of anilines is 2. The molecule has 2 aliphatic heterocycles. The van der Waals surface area contributed by atoms with Gasteiger partial charge in [-0.2, -0.15) is 0 Å². The number of hydrogen-bond acceptors (Lipinski definition) is 9. The van der Waals surface area contributed by atoms with Gasteiger partial charge in [0.15, 0.2) is 0 Å². The zero-order valence-electron chi connectivity index (χ0n) is 18.5. The molecule has 2 saturated heterocycles. The fourth-order valence-electron chi connectivity index (χ4n) is 3.67. The van der Waals surface area contributed by atoms with Crippen molar-refractivity contribution < 1.29 is 50.5 Å². The summed E-state index contributed by atoms with van der Waals surface area (Å²) in [5, 5.41) is 20.7. The van der Waals surface area contributed by atoms with Gasteiger partial charge in [-0.1, -0.05) is 23.6 Å². The average Bonchev–Trinajstić information content (AvgIpc) is 3.19. The zero-order chi connectivity index (χ0) is 22.3. The van der Waals surface area contributed by atoms with Crippen molar-refractivity contribution in [3.8, 4) is 0 Å². The monoisotopic (exact) mass is 502 g/mol. The van der Waals surface area contributed by atoms with E-state index in [1.165, 1.54) is 18.7 Å². The van der Waals surface area contributed by atoms with Crippen molar-refractivity contribution in [1.29, 1.82) is 0 Å². The van der Waals surface area contributed by atoms with Gasteiger partial charge in [-0.3, -0.25) is 19.4 Å². The van der Waals surface area contributed by atoms with Crippen molar-refractivity contribution >= 4 is 68.9 Å². The third-order valence-corrected chi connectivity index (χ3v) is 7.89. The number of thioether (sulfide) groups is 1. The molecule has 164 valence electrons. The third kappa shape index (κ3) is 4.29. The van der Waals surface area contributed by atoms with E-state index in [-0.39, 0.29) is 70.6 Å². The maximum Gasteiger partial charge on any atom is 1.00 e. The van der Waals surface area contributed by atoms with Crippen molar-refractivity contribution in [3.05, 3.63) is 29.5 Å². The number of aliphatic carboxylic acids is 1. The molecule has 2 aromatic rings. The smallest absolute Gasteiger partial charge is 1.00 e. The molecule has 2 amide bonds. The molecule has 4 rings (SSSR count). The van der Waals surface area contributed by atoms with Crippen LogP contribution in [0.4, 0.5) is 10.8 Å². The number of carbonyl (C=O) groups is 3. The molecule has 0 bridgehead atoms. The van der Waals surface area contributed by atoms with Crippen LogP contribution in [0.2, 0.25) is 0 Å². The van der Waals surface area contributed by atoms with E-state index in [0.29, 0.717) is 4.99 Å². The Kier molecular flexibility index (Phi) is 7.57. The van der Waals surface area contributed by atoms with Gasteiger partial charge in [0.05, 0.1) is 4.99 Å². The predicted octanol–water partition coefficient (Wildman–Crippen LogP) is -1.53. The van der Waals surface area contributed by atoms with E-state index in [0.717, 1.165) is 17.0 Å². The predicted molar refractivity (Wildman–Crippen MR) is 121 cm³/mol. The maximum atomic E-state index is 13.1. The van der Waals surface area contributed by atoms with Crippen LogP contribution in [0.1, 0.15) is 20.3 Å². The average molecular weight is 503 g/mol. The van der Waals surface area contributed by atoms with Gasteiger partial charge in [0.2, 0.25) is 16.9 Å². The summed E-state index contributed by atoms with van der Waals surface area (Å²) in [6.45, 7) is 3.07. The number of aromatic nitrogens is 3. The van der Waals surface area contributed by atoms with E-state index in [1.807, 2.05) is 0 Å². The number of nitrogens with one attached hydrogen (secondary N) is 1. The number of nitrogens with zero attached hydrogens (tertiary/aromatic N) is 5. The maximum absolute atomic E-state index is 13.1. The van der Waals surface area contributed by atoms with Crippen molar-refractivity contribution in [2.24, 2.45) is 0 Å². The molecule has 10 nitrogen and oxygen atoms in total. The molecule has 3 atom stereocenters. The Balaban J connectivity index is 0.00000193. The molecule has 2 aliphatic rings. The van der Waals surface area contributed by atoms with Gasteiger partial charge in [-0.05, 0) is 19.1 Å². The Morgan fingerprint density at radius 1 is 1.34 bits per heavy atom. The minimum atomic E-state index is -1.40. The number of carbonyl (C=O) groups excluding carboxylic acids is 2. The van der Waals surface area contributed by atoms with Gasteiger partial charge in [0.25, 0.3) is 0 Å². The SMILES string of the molecule is CC(=O)Nc1nnc(C2(C(=O)O)CS[C@@H]3C(N(C(C)=S)c4ccncc4)C(=O)N3C2)s1.[H-].[Na+]. The molecule has 2 fully saturated rings. The summed E-state index contributed by atoms with van der Waals surface area (Å²) in [5.41, 5.74) is -0.634. The molecule has 2 aromatic heterocycles. The first-order valence-corrected chi connectivity index (χ1v) is 11.5. The molecular weight excluding hydrogens is 483 g/mol. The quantitative estimate of drug-likeness (QED) is 0.282. The molecule has 0 spiro atoms. The third-order valence-electron chi connectivity index (χ3n) is 5.14. The second-order valence-electron chi connectivity index (χ2n) is 7.19. The van der Waals surface area contributed by atoms with Crippen molar-refractivity contribution in [2.75, 3.05) is 22.5 Å². The van der Waals surface area contributed by atoms with Gasteiger partial charge in [0.1, 0.15) is 21.8 Å². The first kappa shape index (κ1) is 25.0. The number of hydrogen-bond donors (Lipinski definition) is 2. The Morgan fingerprint density at radius 3 is 2.62 bits per heavy atom. The summed E-state index contributed by atoms with van der Waals surface area (Å²) in [7, 11) is 0. The fraction of sp³-hybridized carbons (Fsp3) is 0.389. The van der Waals surface area contributed by atoms with E-state index >= 15 is 0 Å². The van der Waals surface area contributed by atoms with Crippen LogP contribution in [-0.2, 0) is 19.8 Å². The second kappa shape index (κ2) is 9.69. The Hall–Kier alpha value is -1.64. The molecule has 2 N–H and O–H groups in total. The van der Waals surface area contributed by atoms with Crippen LogP contribution in [0.3, 0.4) is 0 Å². The summed E-state index contributed by atoms with van der Waals surface area (Å²) in [4.78, 5) is 44.6. The van der Waals surface area contributed by atoms with Crippen LogP contribution in [0.5, 0.6) is 0 Å². The molecule has 2 unspecified atom stereocenters. The summed E-state index contributed by atoms with van der Waals surface area (Å²) < 4.78 is 0. The summed E-state index contributed by atoms with van der Waals surface area (Å²) in [5.74, 6) is -1.40. The first-order chi connectivity index (χ1) is 14.7. The van der Waals surface area contributed by atoms with E-state index in [4.69, 9.17) is 12.2 Å². The van der Waals surface area contributed by atoms with Crippen molar-refractivity contribution in [1.82, 2.24) is 20.1 Å². The molecule has 0 radical (unpaired) electrons. The first-order valence-electron chi connectivity index (χ1n) is 9.21. The summed E-state index contributed by atoms with van der Waals surface area (Å²) >= 11 is 7.79. The van der Waals surface area contributed by atoms with E-state index < -0.39 is 17.4 Å². The number of thiocarbonyl (C=S) groups is 1. The number of β-lactam (4-membered cyclic amide) rings is 1. The number of carboxylic acid groups (broad SMARTS) is 1. The Labute approximate surface area is 220 Å². The van der Waals surface area contributed by atoms with Crippen LogP contribution in [0.25, 0.3) is 0 Å². The van der Waals surface area contributed by atoms with Gasteiger partial charge in [0, 0.05) is 37.3 Å². The van der Waals surface area contributed by atoms with E-state index in [1.54, 1.807) is 41.2 Å². The van der Waals surface area contributed by atoms with E-state index in [9.17, 15) is 19.5 Å². The number of amides is 2.